The lowest BCUT2D eigenvalue weighted by atomic mass is 9.86. The molecule has 1 fully saturated rings. The van der Waals surface area contributed by atoms with Crippen molar-refractivity contribution in [3.8, 4) is 5.75 Å². The fourth-order valence-electron chi connectivity index (χ4n) is 3.36. The normalized spacial score (nSPS) is 17.1. The quantitative estimate of drug-likeness (QED) is 0.386. The predicted molar refractivity (Wildman–Crippen MR) is 131 cm³/mol. The second kappa shape index (κ2) is 8.78. The number of H-pyrrole nitrogens is 1. The van der Waals surface area contributed by atoms with Crippen molar-refractivity contribution >= 4 is 55.3 Å². The summed E-state index contributed by atoms with van der Waals surface area (Å²) in [4.78, 5) is 7.07. The lowest BCUT2D eigenvalue weighted by Crippen LogP contribution is -2.28. The SMILES string of the molecule is Cc1ccc([C@H](N=c2[nH][s+]([O-])nc2Nc2csc(S(=O)(=O)N(C)C3CC3)c2O)C(C)(C)C)s1. The summed E-state index contributed by atoms with van der Waals surface area (Å²) in [6.07, 6.45) is 1.64. The fourth-order valence-corrected chi connectivity index (χ4v) is 8.00. The van der Waals surface area contributed by atoms with E-state index in [0.717, 1.165) is 29.1 Å². The van der Waals surface area contributed by atoms with Gasteiger partial charge in [-0.2, -0.15) is 4.31 Å². The summed E-state index contributed by atoms with van der Waals surface area (Å²) in [6.45, 7) is 8.26. The van der Waals surface area contributed by atoms with Gasteiger partial charge in [0.05, 0.1) is 11.7 Å². The molecule has 3 heterocycles. The molecule has 0 amide bonds. The number of nitrogens with one attached hydrogen (secondary N) is 2. The average Bonchev–Trinajstić information content (AvgIpc) is 3.24. The lowest BCUT2D eigenvalue weighted by molar-refractivity contribution is 0.327. The minimum atomic E-state index is -3.80. The number of nitrogens with zero attached hydrogens (tertiary/aromatic N) is 3. The smallest absolute Gasteiger partial charge is 0.256 e. The highest BCUT2D eigenvalue weighted by atomic mass is 32.2. The maximum atomic E-state index is 12.9. The zero-order valence-corrected chi connectivity index (χ0v) is 22.2. The van der Waals surface area contributed by atoms with Gasteiger partial charge in [0.1, 0.15) is 0 Å². The van der Waals surface area contributed by atoms with Crippen LogP contribution in [0.2, 0.25) is 0 Å². The molecular weight excluding hydrogens is 503 g/mol. The molecule has 1 aliphatic rings. The van der Waals surface area contributed by atoms with Crippen LogP contribution in [0, 0.1) is 12.3 Å². The molecule has 1 aliphatic carbocycles. The Morgan fingerprint density at radius 3 is 2.67 bits per heavy atom. The molecule has 180 valence electrons. The number of hydrogen-bond donors (Lipinski definition) is 3. The van der Waals surface area contributed by atoms with Crippen molar-refractivity contribution < 1.29 is 18.1 Å². The topological polar surface area (TPSA) is 134 Å². The van der Waals surface area contributed by atoms with E-state index >= 15 is 0 Å². The van der Waals surface area contributed by atoms with E-state index in [1.165, 1.54) is 21.6 Å². The Morgan fingerprint density at radius 2 is 2.09 bits per heavy atom. The highest BCUT2D eigenvalue weighted by Crippen LogP contribution is 2.42. The van der Waals surface area contributed by atoms with Crippen LogP contribution in [0.25, 0.3) is 0 Å². The molecule has 2 atom stereocenters. The molecule has 3 aromatic heterocycles. The van der Waals surface area contributed by atoms with Crippen LogP contribution in [0.1, 0.15) is 49.4 Å². The van der Waals surface area contributed by atoms with Crippen molar-refractivity contribution in [2.45, 2.75) is 56.8 Å². The monoisotopic (exact) mass is 529 g/mol. The second-order valence-corrected chi connectivity index (χ2v) is 14.4. The number of hydrogen-bond acceptors (Lipinski definition) is 9. The number of anilines is 2. The molecule has 0 saturated heterocycles. The van der Waals surface area contributed by atoms with Gasteiger partial charge in [-0.15, -0.1) is 27.0 Å². The summed E-state index contributed by atoms with van der Waals surface area (Å²) in [5.41, 5.74) is 0.249. The van der Waals surface area contributed by atoms with E-state index < -0.39 is 21.2 Å². The molecule has 0 aromatic carbocycles. The van der Waals surface area contributed by atoms with E-state index in [1.54, 1.807) is 11.3 Å². The molecule has 1 unspecified atom stereocenters. The Morgan fingerprint density at radius 1 is 1.39 bits per heavy atom. The first-order valence-electron chi connectivity index (χ1n) is 10.3. The Kier molecular flexibility index (Phi) is 6.48. The van der Waals surface area contributed by atoms with E-state index in [-0.39, 0.29) is 39.0 Å². The largest absolute Gasteiger partial charge is 0.548 e. The van der Waals surface area contributed by atoms with Gasteiger partial charge in [-0.25, -0.2) is 8.42 Å². The molecule has 3 N–H and O–H groups in total. The van der Waals surface area contributed by atoms with Crippen LogP contribution in [-0.2, 0) is 10.0 Å². The third-order valence-corrected chi connectivity index (χ3v) is 10.5. The summed E-state index contributed by atoms with van der Waals surface area (Å²) < 4.78 is 45.9. The van der Waals surface area contributed by atoms with E-state index in [1.807, 2.05) is 19.1 Å². The first kappa shape index (κ1) is 24.4. The average molecular weight is 530 g/mol. The van der Waals surface area contributed by atoms with Gasteiger partial charge < -0.3 is 15.0 Å². The Balaban J connectivity index is 1.70. The van der Waals surface area contributed by atoms with Crippen molar-refractivity contribution in [3.63, 3.8) is 0 Å². The number of rotatable bonds is 7. The molecule has 33 heavy (non-hydrogen) atoms. The molecule has 3 aromatic rings. The molecule has 13 heteroatoms. The molecule has 0 radical (unpaired) electrons. The number of aromatic hydroxyl groups is 1. The molecule has 9 nitrogen and oxygen atoms in total. The van der Waals surface area contributed by atoms with Gasteiger partial charge in [-0.05, 0) is 37.3 Å². The lowest BCUT2D eigenvalue weighted by Gasteiger charge is -2.26. The molecule has 4 rings (SSSR count). The van der Waals surface area contributed by atoms with Crippen molar-refractivity contribution in [1.82, 2.24) is 13.1 Å². The highest BCUT2D eigenvalue weighted by Gasteiger charge is 2.38. The Hall–Kier alpha value is -1.77. The highest BCUT2D eigenvalue weighted by molar-refractivity contribution is 7.91. The zero-order chi connectivity index (χ0) is 24.1. The summed E-state index contributed by atoms with van der Waals surface area (Å²) >= 11 is 0.848. The van der Waals surface area contributed by atoms with Crippen LogP contribution in [0.3, 0.4) is 0 Å². The van der Waals surface area contributed by atoms with E-state index in [0.29, 0.717) is 5.49 Å². The summed E-state index contributed by atoms with van der Waals surface area (Å²) in [5, 5.41) is 15.1. The first-order valence-corrected chi connectivity index (χ1v) is 14.6. The van der Waals surface area contributed by atoms with E-state index in [9.17, 15) is 18.1 Å². The number of thiophene rings is 2. The summed E-state index contributed by atoms with van der Waals surface area (Å²) in [5.74, 6) is -0.197. The second-order valence-electron chi connectivity index (χ2n) is 9.15. The van der Waals surface area contributed by atoms with Crippen molar-refractivity contribution in [2.24, 2.45) is 10.4 Å². The first-order chi connectivity index (χ1) is 15.4. The van der Waals surface area contributed by atoms with Gasteiger partial charge in [0.15, 0.2) is 21.1 Å². The van der Waals surface area contributed by atoms with Crippen LogP contribution < -0.4 is 10.8 Å². The zero-order valence-electron chi connectivity index (χ0n) is 18.9. The van der Waals surface area contributed by atoms with Gasteiger partial charge in [0.25, 0.3) is 10.0 Å². The number of aromatic nitrogens is 2. The van der Waals surface area contributed by atoms with E-state index in [4.69, 9.17) is 4.99 Å². The third kappa shape index (κ3) is 5.03. The van der Waals surface area contributed by atoms with Gasteiger partial charge in [-0.3, -0.25) is 4.99 Å². The number of aromatic amines is 1. The van der Waals surface area contributed by atoms with Gasteiger partial charge in [-0.1, -0.05) is 20.8 Å². The van der Waals surface area contributed by atoms with Gasteiger partial charge in [0.2, 0.25) is 11.3 Å². The standard InChI is InChI=1S/C20H27N5O4S4/c1-11-6-9-14(31-11)16(20(2,3)4)22-18-17(23-32(27)24-18)21-13-10-30-19(15(13)26)33(28,29)25(5)12-7-8-12/h6,9-10,12,16,26H,7-8H2,1-5H3,(H,21,23)(H,22,24)/t16-,32?/m0/s1. The predicted octanol–water partition coefficient (Wildman–Crippen LogP) is 4.49. The minimum absolute atomic E-state index is 0.0207. The van der Waals surface area contributed by atoms with Crippen LogP contribution >= 0.6 is 33.8 Å². The fraction of sp³-hybridized carbons (Fsp3) is 0.500. The number of sulfonamides is 1. The summed E-state index contributed by atoms with van der Waals surface area (Å²) in [7, 11) is -2.27. The van der Waals surface area contributed by atoms with Gasteiger partial charge >= 0.3 is 0 Å². The van der Waals surface area contributed by atoms with Crippen LogP contribution in [-0.4, -0.2) is 44.2 Å². The van der Waals surface area contributed by atoms with Crippen LogP contribution in [0.15, 0.2) is 26.7 Å². The van der Waals surface area contributed by atoms with Gasteiger partial charge in [0, 0.05) is 32.6 Å². The maximum absolute atomic E-state index is 12.9. The van der Waals surface area contributed by atoms with Crippen LogP contribution in [0.5, 0.6) is 5.75 Å². The number of aryl methyl sites for hydroxylation is 1. The van der Waals surface area contributed by atoms with Crippen LogP contribution in [0.4, 0.5) is 11.5 Å². The Bertz CT molecular complexity index is 1320. The molecule has 0 bridgehead atoms. The molecule has 1 saturated carbocycles. The van der Waals surface area contributed by atoms with Crippen molar-refractivity contribution in [3.05, 3.63) is 32.8 Å². The third-order valence-electron chi connectivity index (χ3n) is 5.35. The molecule has 0 aliphatic heterocycles. The molecule has 0 spiro atoms. The maximum Gasteiger partial charge on any atom is 0.256 e. The van der Waals surface area contributed by atoms with E-state index in [2.05, 4.69) is 34.8 Å². The molecular formula is C20H27N5O4S4. The summed E-state index contributed by atoms with van der Waals surface area (Å²) in [6, 6.07) is 3.83. The minimum Gasteiger partial charge on any atom is -0.548 e. The van der Waals surface area contributed by atoms with Crippen molar-refractivity contribution in [2.75, 3.05) is 12.4 Å². The Labute approximate surface area is 204 Å². The van der Waals surface area contributed by atoms with Crippen molar-refractivity contribution in [1.29, 1.82) is 0 Å².